The van der Waals surface area contributed by atoms with Crippen LogP contribution in [0.15, 0.2) is 30.3 Å². The number of hydrogen-bond donors (Lipinski definition) is 3. The number of morpholine rings is 1. The molecule has 4 rings (SSSR count). The zero-order valence-electron chi connectivity index (χ0n) is 17.9. The Labute approximate surface area is 203 Å². The highest BCUT2D eigenvalue weighted by Crippen LogP contribution is 2.29. The standard InChI is InChI=1S/C22H22ClFN4O5S/c23-18-6-5-17(34-18)22(32)25-10-16(27-20(30)12-1-2-12)21(31)26-15-4-3-13(9-14(15)24)28-7-8-33-11-19(28)29/h3-6,9,12,16H,1-2,7-8,10-11H2,(H,25,32)(H,26,31)(H,27,30)/t16-/m1/s1. The van der Waals surface area contributed by atoms with Crippen LogP contribution in [0.25, 0.3) is 0 Å². The van der Waals surface area contributed by atoms with Gasteiger partial charge < -0.3 is 25.6 Å². The fourth-order valence-corrected chi connectivity index (χ4v) is 4.31. The fraction of sp³-hybridized carbons (Fsp3) is 0.364. The van der Waals surface area contributed by atoms with Gasteiger partial charge in [0.25, 0.3) is 11.8 Å². The van der Waals surface area contributed by atoms with Crippen molar-refractivity contribution >= 4 is 57.9 Å². The van der Waals surface area contributed by atoms with E-state index in [4.69, 9.17) is 16.3 Å². The van der Waals surface area contributed by atoms with E-state index in [1.807, 2.05) is 0 Å². The van der Waals surface area contributed by atoms with E-state index in [-0.39, 0.29) is 36.6 Å². The number of thiophene rings is 1. The molecular weight excluding hydrogens is 487 g/mol. The van der Waals surface area contributed by atoms with Crippen LogP contribution >= 0.6 is 22.9 Å². The van der Waals surface area contributed by atoms with Crippen LogP contribution in [0.5, 0.6) is 0 Å². The molecule has 180 valence electrons. The molecule has 1 saturated carbocycles. The van der Waals surface area contributed by atoms with Crippen molar-refractivity contribution in [2.75, 3.05) is 36.5 Å². The molecule has 3 N–H and O–H groups in total. The predicted molar refractivity (Wildman–Crippen MR) is 125 cm³/mol. The highest BCUT2D eigenvalue weighted by Gasteiger charge is 2.33. The summed E-state index contributed by atoms with van der Waals surface area (Å²) in [4.78, 5) is 51.2. The minimum Gasteiger partial charge on any atom is -0.370 e. The van der Waals surface area contributed by atoms with Crippen LogP contribution in [0.1, 0.15) is 22.5 Å². The van der Waals surface area contributed by atoms with Gasteiger partial charge in [0.05, 0.1) is 21.5 Å². The number of rotatable bonds is 8. The molecule has 34 heavy (non-hydrogen) atoms. The maximum absolute atomic E-state index is 14.7. The summed E-state index contributed by atoms with van der Waals surface area (Å²) in [5.41, 5.74) is 0.237. The lowest BCUT2D eigenvalue weighted by molar-refractivity contribution is -0.127. The van der Waals surface area contributed by atoms with Gasteiger partial charge in [0.1, 0.15) is 18.5 Å². The molecule has 0 spiro atoms. The number of ether oxygens (including phenoxy) is 1. The first kappa shape index (κ1) is 24.1. The Morgan fingerprint density at radius 3 is 2.68 bits per heavy atom. The number of carbonyl (C=O) groups excluding carboxylic acids is 4. The molecule has 2 aliphatic rings. The first-order valence-electron chi connectivity index (χ1n) is 10.6. The fourth-order valence-electron chi connectivity index (χ4n) is 3.35. The maximum atomic E-state index is 14.7. The Morgan fingerprint density at radius 1 is 1.24 bits per heavy atom. The van der Waals surface area contributed by atoms with Gasteiger partial charge in [0, 0.05) is 24.7 Å². The number of nitrogens with zero attached hydrogens (tertiary/aromatic N) is 1. The number of benzene rings is 1. The molecule has 0 bridgehead atoms. The summed E-state index contributed by atoms with van der Waals surface area (Å²) in [6.07, 6.45) is 1.47. The maximum Gasteiger partial charge on any atom is 0.261 e. The summed E-state index contributed by atoms with van der Waals surface area (Å²) in [7, 11) is 0. The van der Waals surface area contributed by atoms with Gasteiger partial charge in [0.15, 0.2) is 0 Å². The topological polar surface area (TPSA) is 117 Å². The molecule has 0 unspecified atom stereocenters. The van der Waals surface area contributed by atoms with E-state index in [2.05, 4.69) is 16.0 Å². The average molecular weight is 509 g/mol. The van der Waals surface area contributed by atoms with Gasteiger partial charge in [-0.05, 0) is 43.2 Å². The second-order valence-electron chi connectivity index (χ2n) is 7.90. The lowest BCUT2D eigenvalue weighted by atomic mass is 10.2. The van der Waals surface area contributed by atoms with Crippen molar-refractivity contribution in [3.8, 4) is 0 Å². The van der Waals surface area contributed by atoms with Crippen molar-refractivity contribution in [1.82, 2.24) is 10.6 Å². The molecule has 4 amide bonds. The summed E-state index contributed by atoms with van der Waals surface area (Å²) in [6.45, 7) is 0.374. The second kappa shape index (κ2) is 10.5. The lowest BCUT2D eigenvalue weighted by Gasteiger charge is -2.27. The monoisotopic (exact) mass is 508 g/mol. The van der Waals surface area contributed by atoms with Crippen molar-refractivity contribution in [3.63, 3.8) is 0 Å². The highest BCUT2D eigenvalue weighted by atomic mass is 35.5. The Hall–Kier alpha value is -3.02. The molecule has 9 nitrogen and oxygen atoms in total. The third-order valence-electron chi connectivity index (χ3n) is 5.35. The van der Waals surface area contributed by atoms with Crippen molar-refractivity contribution < 1.29 is 28.3 Å². The van der Waals surface area contributed by atoms with E-state index < -0.39 is 23.7 Å². The van der Waals surface area contributed by atoms with Gasteiger partial charge in [0.2, 0.25) is 11.8 Å². The number of halogens is 2. The molecule has 1 aromatic carbocycles. The van der Waals surface area contributed by atoms with Crippen molar-refractivity contribution in [2.45, 2.75) is 18.9 Å². The number of amides is 4. The van der Waals surface area contributed by atoms with Crippen LogP contribution in [0.4, 0.5) is 15.8 Å². The summed E-state index contributed by atoms with van der Waals surface area (Å²) in [6, 6.07) is 6.03. The minimum absolute atomic E-state index is 0.0775. The first-order valence-corrected chi connectivity index (χ1v) is 11.8. The summed E-state index contributed by atoms with van der Waals surface area (Å²) >= 11 is 6.94. The largest absolute Gasteiger partial charge is 0.370 e. The smallest absolute Gasteiger partial charge is 0.261 e. The van der Waals surface area contributed by atoms with Gasteiger partial charge in [-0.25, -0.2) is 4.39 Å². The third-order valence-corrected chi connectivity index (χ3v) is 6.58. The Bertz CT molecular complexity index is 1120. The van der Waals surface area contributed by atoms with Crippen molar-refractivity contribution in [1.29, 1.82) is 0 Å². The van der Waals surface area contributed by atoms with Crippen LogP contribution < -0.4 is 20.9 Å². The lowest BCUT2D eigenvalue weighted by Crippen LogP contribution is -2.51. The zero-order chi connectivity index (χ0) is 24.2. The van der Waals surface area contributed by atoms with Gasteiger partial charge in [-0.3, -0.25) is 19.2 Å². The van der Waals surface area contributed by atoms with Gasteiger partial charge in [-0.15, -0.1) is 11.3 Å². The summed E-state index contributed by atoms with van der Waals surface area (Å²) < 4.78 is 20.3. The molecule has 12 heteroatoms. The van der Waals surface area contributed by atoms with Crippen LogP contribution in [0.3, 0.4) is 0 Å². The number of carbonyl (C=O) groups is 4. The molecule has 1 aromatic heterocycles. The molecule has 2 fully saturated rings. The normalized spacial score (nSPS) is 16.6. The quantitative estimate of drug-likeness (QED) is 0.505. The molecule has 1 aliphatic carbocycles. The van der Waals surface area contributed by atoms with Gasteiger partial charge in [-0.1, -0.05) is 11.6 Å². The van der Waals surface area contributed by atoms with Gasteiger partial charge in [-0.2, -0.15) is 0 Å². The molecule has 0 radical (unpaired) electrons. The molecule has 1 aliphatic heterocycles. The van der Waals surface area contributed by atoms with Crippen LogP contribution in [-0.2, 0) is 19.1 Å². The molecule has 2 aromatic rings. The van der Waals surface area contributed by atoms with Crippen LogP contribution in [0, 0.1) is 11.7 Å². The Kier molecular flexibility index (Phi) is 7.44. The molecule has 1 atom stereocenters. The zero-order valence-corrected chi connectivity index (χ0v) is 19.5. The van der Waals surface area contributed by atoms with E-state index in [0.29, 0.717) is 28.1 Å². The van der Waals surface area contributed by atoms with Crippen molar-refractivity contribution in [2.24, 2.45) is 5.92 Å². The average Bonchev–Trinajstić information content (AvgIpc) is 3.58. The van der Waals surface area contributed by atoms with E-state index in [0.717, 1.165) is 30.2 Å². The highest BCUT2D eigenvalue weighted by molar-refractivity contribution is 7.18. The summed E-state index contributed by atoms with van der Waals surface area (Å²) in [5.74, 6) is -2.61. The number of nitrogens with one attached hydrogen (secondary N) is 3. The van der Waals surface area contributed by atoms with Crippen molar-refractivity contribution in [3.05, 3.63) is 45.4 Å². The molecular formula is C22H22ClFN4O5S. The van der Waals surface area contributed by atoms with E-state index in [1.165, 1.54) is 17.0 Å². The number of hydrogen-bond acceptors (Lipinski definition) is 6. The third kappa shape index (κ3) is 5.91. The van der Waals surface area contributed by atoms with Gasteiger partial charge >= 0.3 is 0 Å². The van der Waals surface area contributed by atoms with E-state index in [9.17, 15) is 23.6 Å². The Balaban J connectivity index is 1.43. The molecule has 2 heterocycles. The summed E-state index contributed by atoms with van der Waals surface area (Å²) in [5, 5.41) is 7.68. The predicted octanol–water partition coefficient (Wildman–Crippen LogP) is 2.17. The number of anilines is 2. The van der Waals surface area contributed by atoms with Crippen LogP contribution in [0.2, 0.25) is 4.34 Å². The SMILES string of the molecule is O=C(NC[C@@H](NC(=O)C1CC1)C(=O)Nc1ccc(N2CCOCC2=O)cc1F)c1ccc(Cl)s1. The first-order chi connectivity index (χ1) is 16.3. The van der Waals surface area contributed by atoms with Crippen LogP contribution in [-0.4, -0.2) is 56.0 Å². The molecule has 1 saturated heterocycles. The van der Waals surface area contributed by atoms with E-state index >= 15 is 0 Å². The second-order valence-corrected chi connectivity index (χ2v) is 9.62. The Morgan fingerprint density at radius 2 is 2.03 bits per heavy atom. The minimum atomic E-state index is -1.12. The van der Waals surface area contributed by atoms with E-state index in [1.54, 1.807) is 12.1 Å².